The van der Waals surface area contributed by atoms with Gasteiger partial charge >= 0.3 is 0 Å². The van der Waals surface area contributed by atoms with Gasteiger partial charge in [0.1, 0.15) is 0 Å². The molecule has 0 spiro atoms. The van der Waals surface area contributed by atoms with Crippen molar-refractivity contribution < 1.29 is 5.11 Å². The Balaban J connectivity index is 1.53. The number of likely N-dealkylation sites (tertiary alicyclic amines) is 1. The Morgan fingerprint density at radius 1 is 1.50 bits per heavy atom. The van der Waals surface area contributed by atoms with Crippen molar-refractivity contribution in [2.75, 3.05) is 13.1 Å². The molecule has 88 valence electrons. The zero-order valence-corrected chi connectivity index (χ0v) is 10.4. The van der Waals surface area contributed by atoms with Crippen LogP contribution in [0.3, 0.4) is 0 Å². The van der Waals surface area contributed by atoms with E-state index in [1.54, 1.807) is 11.3 Å². The van der Waals surface area contributed by atoms with Gasteiger partial charge in [0.15, 0.2) is 0 Å². The molecule has 1 atom stereocenters. The molecule has 2 nitrogen and oxygen atoms in total. The molecular weight excluding hydrogens is 218 g/mol. The molecule has 1 saturated heterocycles. The van der Waals surface area contributed by atoms with Gasteiger partial charge in [-0.25, -0.2) is 0 Å². The van der Waals surface area contributed by atoms with Crippen LogP contribution in [-0.4, -0.2) is 34.7 Å². The molecule has 1 aromatic rings. The number of thiophene rings is 1. The second kappa shape index (κ2) is 4.13. The van der Waals surface area contributed by atoms with Crippen LogP contribution in [0, 0.1) is 0 Å². The highest BCUT2D eigenvalue weighted by molar-refractivity contribution is 7.09. The van der Waals surface area contributed by atoms with Crippen molar-refractivity contribution in [3.63, 3.8) is 0 Å². The number of hydrogen-bond donors (Lipinski definition) is 1. The van der Waals surface area contributed by atoms with Gasteiger partial charge in [-0.05, 0) is 43.6 Å². The third-order valence-electron chi connectivity index (χ3n) is 3.84. The summed E-state index contributed by atoms with van der Waals surface area (Å²) < 4.78 is 0. The minimum Gasteiger partial charge on any atom is -0.388 e. The minimum atomic E-state index is -0.410. The van der Waals surface area contributed by atoms with Gasteiger partial charge in [-0.15, -0.1) is 11.3 Å². The smallest absolute Gasteiger partial charge is 0.0789 e. The fourth-order valence-electron chi connectivity index (χ4n) is 2.65. The highest BCUT2D eigenvalue weighted by Crippen LogP contribution is 2.35. The molecule has 2 aliphatic rings. The van der Waals surface area contributed by atoms with E-state index < -0.39 is 5.60 Å². The molecule has 1 unspecified atom stereocenters. The van der Waals surface area contributed by atoms with Gasteiger partial charge in [-0.1, -0.05) is 6.07 Å². The van der Waals surface area contributed by atoms with Crippen LogP contribution in [0.2, 0.25) is 0 Å². The molecule has 0 bridgehead atoms. The molecule has 3 rings (SSSR count). The molecule has 2 heterocycles. The van der Waals surface area contributed by atoms with Crippen LogP contribution in [0.15, 0.2) is 17.5 Å². The fourth-order valence-corrected chi connectivity index (χ4v) is 3.36. The predicted octanol–water partition coefficient (Wildman–Crippen LogP) is 2.28. The summed E-state index contributed by atoms with van der Waals surface area (Å²) in [5.41, 5.74) is -0.410. The van der Waals surface area contributed by atoms with E-state index in [1.807, 2.05) is 0 Å². The lowest BCUT2D eigenvalue weighted by atomic mass is 9.96. The zero-order chi connectivity index (χ0) is 11.0. The highest BCUT2D eigenvalue weighted by atomic mass is 32.1. The standard InChI is InChI=1S/C13H19NOS/c15-13(6-5-12-2-1-9-16-12)7-8-14(10-13)11-3-4-11/h1-2,9,11,15H,3-8,10H2. The summed E-state index contributed by atoms with van der Waals surface area (Å²) in [7, 11) is 0. The molecule has 0 radical (unpaired) electrons. The SMILES string of the molecule is OC1(CCc2cccs2)CCN(C2CC2)C1. The van der Waals surface area contributed by atoms with Crippen LogP contribution < -0.4 is 0 Å². The molecule has 1 saturated carbocycles. The van der Waals surface area contributed by atoms with E-state index in [1.165, 1.54) is 17.7 Å². The van der Waals surface area contributed by atoms with Gasteiger partial charge in [0.05, 0.1) is 5.60 Å². The maximum absolute atomic E-state index is 10.5. The molecule has 1 aromatic heterocycles. The van der Waals surface area contributed by atoms with Crippen LogP contribution in [0.25, 0.3) is 0 Å². The molecule has 2 fully saturated rings. The summed E-state index contributed by atoms with van der Waals surface area (Å²) in [6.45, 7) is 2.01. The minimum absolute atomic E-state index is 0.410. The van der Waals surface area contributed by atoms with Gasteiger partial charge in [-0.2, -0.15) is 0 Å². The summed E-state index contributed by atoms with van der Waals surface area (Å²) in [5.74, 6) is 0. The molecule has 1 aliphatic heterocycles. The Bertz CT molecular complexity index is 347. The van der Waals surface area contributed by atoms with Gasteiger partial charge in [0.2, 0.25) is 0 Å². The molecule has 1 aliphatic carbocycles. The van der Waals surface area contributed by atoms with Crippen molar-refractivity contribution in [1.29, 1.82) is 0 Å². The first-order valence-electron chi connectivity index (χ1n) is 6.24. The van der Waals surface area contributed by atoms with Crippen molar-refractivity contribution in [2.45, 2.75) is 43.7 Å². The van der Waals surface area contributed by atoms with Gasteiger partial charge in [0, 0.05) is 24.0 Å². The van der Waals surface area contributed by atoms with Crippen LogP contribution in [0.4, 0.5) is 0 Å². The van der Waals surface area contributed by atoms with Crippen molar-refractivity contribution >= 4 is 11.3 Å². The third kappa shape index (κ3) is 2.31. The fraction of sp³-hybridized carbons (Fsp3) is 0.692. The number of nitrogens with zero attached hydrogens (tertiary/aromatic N) is 1. The molecule has 16 heavy (non-hydrogen) atoms. The largest absolute Gasteiger partial charge is 0.388 e. The summed E-state index contributed by atoms with van der Waals surface area (Å²) in [5, 5.41) is 12.6. The quantitative estimate of drug-likeness (QED) is 0.868. The van der Waals surface area contributed by atoms with Gasteiger partial charge < -0.3 is 5.11 Å². The van der Waals surface area contributed by atoms with E-state index in [4.69, 9.17) is 0 Å². The lowest BCUT2D eigenvalue weighted by Gasteiger charge is -2.23. The van der Waals surface area contributed by atoms with Crippen LogP contribution >= 0.6 is 11.3 Å². The highest BCUT2D eigenvalue weighted by Gasteiger charge is 2.41. The van der Waals surface area contributed by atoms with Crippen LogP contribution in [0.5, 0.6) is 0 Å². The second-order valence-electron chi connectivity index (χ2n) is 5.26. The Morgan fingerprint density at radius 3 is 3.06 bits per heavy atom. The molecule has 0 aromatic carbocycles. The number of β-amino-alcohol motifs (C(OH)–C–C–N with tert-alkyl or cyclic N) is 1. The monoisotopic (exact) mass is 237 g/mol. The van der Waals surface area contributed by atoms with Crippen LogP contribution in [-0.2, 0) is 6.42 Å². The average Bonchev–Trinajstić information content (AvgIpc) is 2.86. The number of aryl methyl sites for hydroxylation is 1. The molecular formula is C13H19NOS. The summed E-state index contributed by atoms with van der Waals surface area (Å²) in [6.07, 6.45) is 5.63. The lowest BCUT2D eigenvalue weighted by molar-refractivity contribution is 0.0402. The third-order valence-corrected chi connectivity index (χ3v) is 4.78. The maximum atomic E-state index is 10.5. The number of aliphatic hydroxyl groups is 1. The first kappa shape index (κ1) is 10.8. The average molecular weight is 237 g/mol. The van der Waals surface area contributed by atoms with E-state index in [-0.39, 0.29) is 0 Å². The Hall–Kier alpha value is -0.380. The molecule has 1 N–H and O–H groups in total. The van der Waals surface area contributed by atoms with Crippen molar-refractivity contribution in [3.8, 4) is 0 Å². The van der Waals surface area contributed by atoms with Crippen molar-refractivity contribution in [3.05, 3.63) is 22.4 Å². The summed E-state index contributed by atoms with van der Waals surface area (Å²) in [6, 6.07) is 5.06. The normalized spacial score (nSPS) is 31.1. The van der Waals surface area contributed by atoms with Gasteiger partial charge in [0.25, 0.3) is 0 Å². The van der Waals surface area contributed by atoms with E-state index in [0.717, 1.165) is 38.4 Å². The van der Waals surface area contributed by atoms with Crippen molar-refractivity contribution in [2.24, 2.45) is 0 Å². The molecule has 3 heteroatoms. The lowest BCUT2D eigenvalue weighted by Crippen LogP contribution is -2.34. The van der Waals surface area contributed by atoms with E-state index in [0.29, 0.717) is 0 Å². The maximum Gasteiger partial charge on any atom is 0.0789 e. The zero-order valence-electron chi connectivity index (χ0n) is 9.56. The van der Waals surface area contributed by atoms with Crippen molar-refractivity contribution in [1.82, 2.24) is 4.90 Å². The topological polar surface area (TPSA) is 23.5 Å². The van der Waals surface area contributed by atoms with E-state index >= 15 is 0 Å². The Morgan fingerprint density at radius 2 is 2.38 bits per heavy atom. The van der Waals surface area contributed by atoms with E-state index in [9.17, 15) is 5.11 Å². The summed E-state index contributed by atoms with van der Waals surface area (Å²) in [4.78, 5) is 3.88. The van der Waals surface area contributed by atoms with Crippen LogP contribution in [0.1, 0.15) is 30.6 Å². The van der Waals surface area contributed by atoms with Gasteiger partial charge in [-0.3, -0.25) is 4.90 Å². The first-order chi connectivity index (χ1) is 7.75. The van der Waals surface area contributed by atoms with E-state index in [2.05, 4.69) is 22.4 Å². The second-order valence-corrected chi connectivity index (χ2v) is 6.29. The Kier molecular flexibility index (Phi) is 2.78. The molecule has 0 amide bonds. The Labute approximate surface area is 101 Å². The predicted molar refractivity (Wildman–Crippen MR) is 66.8 cm³/mol. The summed E-state index contributed by atoms with van der Waals surface area (Å²) >= 11 is 1.80. The first-order valence-corrected chi connectivity index (χ1v) is 7.12. The number of hydrogen-bond acceptors (Lipinski definition) is 3. The number of rotatable bonds is 4.